The molecule has 2 heterocycles. The fourth-order valence-corrected chi connectivity index (χ4v) is 2.37. The Labute approximate surface area is 118 Å². The van der Waals surface area contributed by atoms with E-state index in [1.807, 2.05) is 6.92 Å². The number of nitrogens with one attached hydrogen (secondary N) is 1. The van der Waals surface area contributed by atoms with Gasteiger partial charge >= 0.3 is 0 Å². The molecule has 2 aromatic rings. The Hall–Kier alpha value is -2.19. The second kappa shape index (κ2) is 5.06. The van der Waals surface area contributed by atoms with E-state index in [1.54, 1.807) is 18.2 Å². The Balaban J connectivity index is 1.75. The molecule has 1 aliphatic rings. The van der Waals surface area contributed by atoms with Crippen LogP contribution in [0.1, 0.15) is 28.3 Å². The highest BCUT2D eigenvalue weighted by molar-refractivity contribution is 7.15. The van der Waals surface area contributed by atoms with Crippen molar-refractivity contribution in [2.24, 2.45) is 5.73 Å². The first-order valence-corrected chi connectivity index (χ1v) is 6.75. The van der Waals surface area contributed by atoms with Crippen molar-refractivity contribution in [2.45, 2.75) is 13.0 Å². The second-order valence-electron chi connectivity index (χ2n) is 4.26. The summed E-state index contributed by atoms with van der Waals surface area (Å²) in [5, 5.41) is 11.5. The van der Waals surface area contributed by atoms with Crippen LogP contribution in [0.25, 0.3) is 0 Å². The van der Waals surface area contributed by atoms with Gasteiger partial charge in [0.05, 0.1) is 6.04 Å². The largest absolute Gasteiger partial charge is 0.454 e. The maximum absolute atomic E-state index is 12.1. The van der Waals surface area contributed by atoms with Gasteiger partial charge in [-0.25, -0.2) is 0 Å². The van der Waals surface area contributed by atoms with Gasteiger partial charge in [0, 0.05) is 5.56 Å². The minimum absolute atomic E-state index is 0.175. The van der Waals surface area contributed by atoms with Crippen molar-refractivity contribution in [3.8, 4) is 11.5 Å². The molecule has 1 aliphatic heterocycles. The fraction of sp³-hybridized carbons (Fsp3) is 0.250. The number of carbonyl (C=O) groups is 1. The SMILES string of the molecule is C[C@@H](N)c1nnc(NC(=O)c2ccc3c(c2)OCO3)s1. The van der Waals surface area contributed by atoms with E-state index in [1.165, 1.54) is 11.3 Å². The minimum atomic E-state index is -0.282. The topological polar surface area (TPSA) is 99.4 Å². The predicted octanol–water partition coefficient (Wildman–Crippen LogP) is 1.54. The first-order chi connectivity index (χ1) is 9.63. The molecule has 1 aromatic heterocycles. The van der Waals surface area contributed by atoms with E-state index in [0.29, 0.717) is 27.2 Å². The van der Waals surface area contributed by atoms with Gasteiger partial charge in [-0.05, 0) is 25.1 Å². The third-order valence-electron chi connectivity index (χ3n) is 2.69. The summed E-state index contributed by atoms with van der Waals surface area (Å²) in [6.45, 7) is 1.98. The van der Waals surface area contributed by atoms with Crippen molar-refractivity contribution in [1.29, 1.82) is 0 Å². The van der Waals surface area contributed by atoms with Crippen LogP contribution in [0.3, 0.4) is 0 Å². The molecule has 8 heteroatoms. The molecule has 7 nitrogen and oxygen atoms in total. The van der Waals surface area contributed by atoms with Crippen LogP contribution in [0.15, 0.2) is 18.2 Å². The molecule has 0 fully saturated rings. The van der Waals surface area contributed by atoms with Crippen molar-refractivity contribution in [2.75, 3.05) is 12.1 Å². The average molecular weight is 292 g/mol. The molecule has 0 spiro atoms. The molecule has 0 radical (unpaired) electrons. The molecule has 20 heavy (non-hydrogen) atoms. The van der Waals surface area contributed by atoms with Gasteiger partial charge in [-0.1, -0.05) is 11.3 Å². The minimum Gasteiger partial charge on any atom is -0.454 e. The molecule has 0 saturated heterocycles. The van der Waals surface area contributed by atoms with E-state index in [9.17, 15) is 4.79 Å². The standard InChI is InChI=1S/C12H12N4O3S/c1-6(13)11-15-16-12(20-11)14-10(17)7-2-3-8-9(4-7)19-5-18-8/h2-4,6H,5,13H2,1H3,(H,14,16,17)/t6-/m1/s1. The molecule has 0 unspecified atom stereocenters. The van der Waals surface area contributed by atoms with Crippen LogP contribution in [-0.2, 0) is 0 Å². The monoisotopic (exact) mass is 292 g/mol. The van der Waals surface area contributed by atoms with Crippen LogP contribution in [0.4, 0.5) is 5.13 Å². The summed E-state index contributed by atoms with van der Waals surface area (Å²) in [5.74, 6) is 0.915. The quantitative estimate of drug-likeness (QED) is 0.890. The zero-order chi connectivity index (χ0) is 14.1. The lowest BCUT2D eigenvalue weighted by Crippen LogP contribution is -2.11. The zero-order valence-corrected chi connectivity index (χ0v) is 11.4. The number of ether oxygens (including phenoxy) is 2. The van der Waals surface area contributed by atoms with E-state index in [-0.39, 0.29) is 18.7 Å². The lowest BCUT2D eigenvalue weighted by molar-refractivity contribution is 0.102. The number of anilines is 1. The first-order valence-electron chi connectivity index (χ1n) is 5.93. The fourth-order valence-electron chi connectivity index (χ4n) is 1.68. The maximum atomic E-state index is 12.1. The number of amides is 1. The zero-order valence-electron chi connectivity index (χ0n) is 10.6. The second-order valence-corrected chi connectivity index (χ2v) is 5.27. The Bertz CT molecular complexity index is 656. The van der Waals surface area contributed by atoms with Crippen LogP contribution in [0, 0.1) is 0 Å². The van der Waals surface area contributed by atoms with Gasteiger partial charge in [-0.15, -0.1) is 10.2 Å². The van der Waals surface area contributed by atoms with Crippen molar-refractivity contribution in [3.05, 3.63) is 28.8 Å². The highest BCUT2D eigenvalue weighted by atomic mass is 32.1. The summed E-state index contributed by atoms with van der Waals surface area (Å²) in [6.07, 6.45) is 0. The highest BCUT2D eigenvalue weighted by Gasteiger charge is 2.17. The Morgan fingerprint density at radius 3 is 2.95 bits per heavy atom. The molecular formula is C12H12N4O3S. The predicted molar refractivity (Wildman–Crippen MR) is 73.0 cm³/mol. The number of fused-ring (bicyclic) bond motifs is 1. The summed E-state index contributed by atoms with van der Waals surface area (Å²) in [7, 11) is 0. The third kappa shape index (κ3) is 2.43. The van der Waals surface area contributed by atoms with Crippen molar-refractivity contribution < 1.29 is 14.3 Å². The summed E-state index contributed by atoms with van der Waals surface area (Å²) in [5.41, 5.74) is 6.16. The summed E-state index contributed by atoms with van der Waals surface area (Å²) < 4.78 is 10.4. The summed E-state index contributed by atoms with van der Waals surface area (Å²) in [6, 6.07) is 4.79. The summed E-state index contributed by atoms with van der Waals surface area (Å²) in [4.78, 5) is 12.1. The molecule has 1 atom stereocenters. The number of nitrogens with two attached hydrogens (primary N) is 1. The molecule has 0 saturated carbocycles. The van der Waals surface area contributed by atoms with Gasteiger partial charge in [0.2, 0.25) is 11.9 Å². The first kappa shape index (κ1) is 12.8. The van der Waals surface area contributed by atoms with E-state index >= 15 is 0 Å². The molecular weight excluding hydrogens is 280 g/mol. The van der Waals surface area contributed by atoms with Gasteiger partial charge < -0.3 is 15.2 Å². The molecule has 1 amide bonds. The van der Waals surface area contributed by atoms with E-state index in [0.717, 1.165) is 0 Å². The molecule has 3 rings (SSSR count). The lowest BCUT2D eigenvalue weighted by Gasteiger charge is -2.02. The van der Waals surface area contributed by atoms with Gasteiger partial charge in [-0.2, -0.15) is 0 Å². The van der Waals surface area contributed by atoms with Crippen LogP contribution < -0.4 is 20.5 Å². The van der Waals surface area contributed by atoms with E-state index in [4.69, 9.17) is 15.2 Å². The Morgan fingerprint density at radius 2 is 2.20 bits per heavy atom. The van der Waals surface area contributed by atoms with Crippen LogP contribution in [-0.4, -0.2) is 22.9 Å². The third-order valence-corrected chi connectivity index (χ3v) is 3.73. The molecule has 0 bridgehead atoms. The van der Waals surface area contributed by atoms with E-state index < -0.39 is 0 Å². The normalized spacial score (nSPS) is 14.1. The number of hydrogen-bond donors (Lipinski definition) is 2. The van der Waals surface area contributed by atoms with Crippen molar-refractivity contribution >= 4 is 22.4 Å². The number of rotatable bonds is 3. The van der Waals surface area contributed by atoms with Crippen LogP contribution in [0.5, 0.6) is 11.5 Å². The smallest absolute Gasteiger partial charge is 0.257 e. The number of aromatic nitrogens is 2. The van der Waals surface area contributed by atoms with Crippen LogP contribution in [0.2, 0.25) is 0 Å². The number of hydrogen-bond acceptors (Lipinski definition) is 7. The molecule has 0 aliphatic carbocycles. The Kier molecular flexibility index (Phi) is 3.25. The average Bonchev–Trinajstić information content (AvgIpc) is 3.05. The van der Waals surface area contributed by atoms with Gasteiger partial charge in [0.25, 0.3) is 5.91 Å². The van der Waals surface area contributed by atoms with Gasteiger partial charge in [-0.3, -0.25) is 10.1 Å². The van der Waals surface area contributed by atoms with Crippen LogP contribution >= 0.6 is 11.3 Å². The molecule has 104 valence electrons. The number of nitrogens with zero attached hydrogens (tertiary/aromatic N) is 2. The highest BCUT2D eigenvalue weighted by Crippen LogP contribution is 2.32. The number of carbonyl (C=O) groups excluding carboxylic acids is 1. The molecule has 3 N–H and O–H groups in total. The summed E-state index contributed by atoms with van der Waals surface area (Å²) >= 11 is 1.25. The van der Waals surface area contributed by atoms with Gasteiger partial charge in [0.1, 0.15) is 5.01 Å². The van der Waals surface area contributed by atoms with E-state index in [2.05, 4.69) is 15.5 Å². The lowest BCUT2D eigenvalue weighted by atomic mass is 10.2. The molecule has 1 aromatic carbocycles. The van der Waals surface area contributed by atoms with Gasteiger partial charge in [0.15, 0.2) is 11.5 Å². The Morgan fingerprint density at radius 1 is 1.40 bits per heavy atom. The maximum Gasteiger partial charge on any atom is 0.257 e. The van der Waals surface area contributed by atoms with Crippen molar-refractivity contribution in [3.63, 3.8) is 0 Å². The number of benzene rings is 1. The van der Waals surface area contributed by atoms with Crippen molar-refractivity contribution in [1.82, 2.24) is 10.2 Å².